The van der Waals surface area contributed by atoms with Gasteiger partial charge >= 0.3 is 0 Å². The first-order valence-corrected chi connectivity index (χ1v) is 6.89. The first-order valence-electron chi connectivity index (χ1n) is 6.89. The SMILES string of the molecule is Nc1nc(Cc2ccccc2)nc2cc(-c3ccco3)nn12. The summed E-state index contributed by atoms with van der Waals surface area (Å²) in [6.07, 6.45) is 2.23. The van der Waals surface area contributed by atoms with Crippen LogP contribution in [-0.2, 0) is 6.42 Å². The number of anilines is 1. The van der Waals surface area contributed by atoms with E-state index < -0.39 is 0 Å². The number of nitrogens with zero attached hydrogens (tertiary/aromatic N) is 4. The largest absolute Gasteiger partial charge is 0.463 e. The summed E-state index contributed by atoms with van der Waals surface area (Å²) in [4.78, 5) is 8.86. The highest BCUT2D eigenvalue weighted by molar-refractivity contribution is 5.60. The van der Waals surface area contributed by atoms with E-state index in [0.29, 0.717) is 35.3 Å². The Bertz CT molecular complexity index is 913. The summed E-state index contributed by atoms with van der Waals surface area (Å²) >= 11 is 0. The molecule has 0 unspecified atom stereocenters. The highest BCUT2D eigenvalue weighted by Gasteiger charge is 2.12. The van der Waals surface area contributed by atoms with Gasteiger partial charge in [-0.2, -0.15) is 14.6 Å². The van der Waals surface area contributed by atoms with Gasteiger partial charge in [0.2, 0.25) is 5.95 Å². The van der Waals surface area contributed by atoms with Crippen LogP contribution in [0, 0.1) is 0 Å². The Balaban J connectivity index is 1.76. The van der Waals surface area contributed by atoms with E-state index in [1.54, 1.807) is 6.26 Å². The molecule has 4 rings (SSSR count). The zero-order valence-electron chi connectivity index (χ0n) is 11.7. The zero-order chi connectivity index (χ0) is 14.9. The lowest BCUT2D eigenvalue weighted by molar-refractivity contribution is 0.579. The molecule has 0 radical (unpaired) electrons. The number of furan rings is 1. The summed E-state index contributed by atoms with van der Waals surface area (Å²) in [6.45, 7) is 0. The molecule has 0 atom stereocenters. The van der Waals surface area contributed by atoms with Gasteiger partial charge in [0.15, 0.2) is 11.4 Å². The first kappa shape index (κ1) is 12.6. The van der Waals surface area contributed by atoms with Crippen molar-refractivity contribution in [3.63, 3.8) is 0 Å². The van der Waals surface area contributed by atoms with E-state index in [1.807, 2.05) is 48.5 Å². The van der Waals surface area contributed by atoms with Crippen LogP contribution in [0.4, 0.5) is 5.95 Å². The molecular weight excluding hydrogens is 278 g/mol. The van der Waals surface area contributed by atoms with Crippen molar-refractivity contribution in [3.05, 3.63) is 66.2 Å². The molecule has 6 nitrogen and oxygen atoms in total. The number of nitrogens with two attached hydrogens (primary N) is 1. The minimum absolute atomic E-state index is 0.314. The third-order valence-corrected chi connectivity index (χ3v) is 3.37. The molecule has 0 fully saturated rings. The van der Waals surface area contributed by atoms with Crippen LogP contribution in [-0.4, -0.2) is 19.6 Å². The second-order valence-electron chi connectivity index (χ2n) is 4.94. The normalized spacial score (nSPS) is 11.1. The van der Waals surface area contributed by atoms with Crippen LogP contribution < -0.4 is 5.73 Å². The Kier molecular flexibility index (Phi) is 2.86. The molecule has 0 saturated carbocycles. The second-order valence-corrected chi connectivity index (χ2v) is 4.94. The van der Waals surface area contributed by atoms with Gasteiger partial charge in [-0.1, -0.05) is 30.3 Å². The van der Waals surface area contributed by atoms with Gasteiger partial charge in [-0.3, -0.25) is 0 Å². The summed E-state index contributed by atoms with van der Waals surface area (Å²) in [7, 11) is 0. The van der Waals surface area contributed by atoms with Crippen molar-refractivity contribution in [2.45, 2.75) is 6.42 Å². The van der Waals surface area contributed by atoms with Crippen LogP contribution >= 0.6 is 0 Å². The molecule has 1 aromatic carbocycles. The lowest BCUT2D eigenvalue weighted by Gasteiger charge is -2.03. The van der Waals surface area contributed by atoms with Gasteiger partial charge in [-0.15, -0.1) is 0 Å². The van der Waals surface area contributed by atoms with E-state index in [4.69, 9.17) is 10.2 Å². The van der Waals surface area contributed by atoms with E-state index in [0.717, 1.165) is 5.56 Å². The maximum Gasteiger partial charge on any atom is 0.224 e. The molecule has 3 aromatic heterocycles. The number of rotatable bonds is 3. The van der Waals surface area contributed by atoms with Crippen LogP contribution in [0.5, 0.6) is 0 Å². The van der Waals surface area contributed by atoms with Crippen molar-refractivity contribution in [3.8, 4) is 11.5 Å². The van der Waals surface area contributed by atoms with Crippen molar-refractivity contribution in [2.75, 3.05) is 5.73 Å². The van der Waals surface area contributed by atoms with Crippen molar-refractivity contribution in [1.82, 2.24) is 19.6 Å². The number of fused-ring (bicyclic) bond motifs is 1. The quantitative estimate of drug-likeness (QED) is 0.627. The average molecular weight is 291 g/mol. The summed E-state index contributed by atoms with van der Waals surface area (Å²) in [5.74, 6) is 1.66. The van der Waals surface area contributed by atoms with Gasteiger partial charge in [0.05, 0.1) is 6.26 Å². The number of hydrogen-bond donors (Lipinski definition) is 1. The topological polar surface area (TPSA) is 82.2 Å². The predicted octanol–water partition coefficient (Wildman–Crippen LogP) is 2.56. The minimum Gasteiger partial charge on any atom is -0.463 e. The minimum atomic E-state index is 0.314. The van der Waals surface area contributed by atoms with Crippen LogP contribution in [0.25, 0.3) is 17.1 Å². The zero-order valence-corrected chi connectivity index (χ0v) is 11.7. The number of nitrogen functional groups attached to an aromatic ring is 1. The summed E-state index contributed by atoms with van der Waals surface area (Å²) < 4.78 is 6.87. The fraction of sp³-hybridized carbons (Fsp3) is 0.0625. The van der Waals surface area contributed by atoms with Gasteiger partial charge < -0.3 is 10.2 Å². The van der Waals surface area contributed by atoms with E-state index in [9.17, 15) is 0 Å². The lowest BCUT2D eigenvalue weighted by atomic mass is 10.1. The maximum absolute atomic E-state index is 6.00. The van der Waals surface area contributed by atoms with Gasteiger partial charge in [0.1, 0.15) is 11.5 Å². The molecule has 0 spiro atoms. The van der Waals surface area contributed by atoms with Gasteiger partial charge in [-0.25, -0.2) is 4.98 Å². The van der Waals surface area contributed by atoms with Crippen LogP contribution in [0.3, 0.4) is 0 Å². The van der Waals surface area contributed by atoms with Crippen molar-refractivity contribution in [1.29, 1.82) is 0 Å². The fourth-order valence-corrected chi connectivity index (χ4v) is 2.36. The van der Waals surface area contributed by atoms with Crippen LogP contribution in [0.2, 0.25) is 0 Å². The molecule has 0 aliphatic heterocycles. The number of hydrogen-bond acceptors (Lipinski definition) is 5. The molecule has 2 N–H and O–H groups in total. The van der Waals surface area contributed by atoms with Gasteiger partial charge in [0.25, 0.3) is 0 Å². The van der Waals surface area contributed by atoms with Gasteiger partial charge in [-0.05, 0) is 17.7 Å². The Morgan fingerprint density at radius 1 is 1.05 bits per heavy atom. The Morgan fingerprint density at radius 2 is 1.91 bits per heavy atom. The second kappa shape index (κ2) is 5.00. The molecule has 22 heavy (non-hydrogen) atoms. The Hall–Kier alpha value is -3.15. The third-order valence-electron chi connectivity index (χ3n) is 3.37. The van der Waals surface area contributed by atoms with Crippen LogP contribution in [0.1, 0.15) is 11.4 Å². The molecule has 0 aliphatic carbocycles. The molecule has 0 bridgehead atoms. The summed E-state index contributed by atoms with van der Waals surface area (Å²) in [6, 6.07) is 15.5. The van der Waals surface area contributed by atoms with Gasteiger partial charge in [0, 0.05) is 12.5 Å². The molecule has 3 heterocycles. The third kappa shape index (κ3) is 2.20. The first-order chi connectivity index (χ1) is 10.8. The predicted molar refractivity (Wildman–Crippen MR) is 82.1 cm³/mol. The molecular formula is C16H13N5O. The van der Waals surface area contributed by atoms with Crippen molar-refractivity contribution >= 4 is 11.6 Å². The smallest absolute Gasteiger partial charge is 0.224 e. The number of aromatic nitrogens is 4. The standard InChI is InChI=1S/C16H13N5O/c17-16-19-14(9-11-5-2-1-3-6-11)18-15-10-12(20-21(15)16)13-7-4-8-22-13/h1-8,10H,9H2,(H2,17,18,19). The average Bonchev–Trinajstić information content (AvgIpc) is 3.17. The highest BCUT2D eigenvalue weighted by atomic mass is 16.3. The highest BCUT2D eigenvalue weighted by Crippen LogP contribution is 2.20. The van der Waals surface area contributed by atoms with E-state index in [2.05, 4.69) is 15.1 Å². The van der Waals surface area contributed by atoms with Crippen LogP contribution in [0.15, 0.2) is 59.2 Å². The molecule has 0 aliphatic rings. The Morgan fingerprint density at radius 3 is 2.68 bits per heavy atom. The summed E-state index contributed by atoms with van der Waals surface area (Å²) in [5, 5.41) is 4.38. The van der Waals surface area contributed by atoms with E-state index in [1.165, 1.54) is 4.52 Å². The maximum atomic E-state index is 6.00. The van der Waals surface area contributed by atoms with E-state index >= 15 is 0 Å². The molecule has 4 aromatic rings. The molecule has 0 saturated heterocycles. The fourth-order valence-electron chi connectivity index (χ4n) is 2.36. The van der Waals surface area contributed by atoms with Crippen molar-refractivity contribution < 1.29 is 4.42 Å². The molecule has 6 heteroatoms. The molecule has 108 valence electrons. The van der Waals surface area contributed by atoms with E-state index in [-0.39, 0.29) is 0 Å². The summed E-state index contributed by atoms with van der Waals surface area (Å²) in [5.41, 5.74) is 8.47. The number of benzene rings is 1. The molecule has 0 amide bonds. The Labute approximate surface area is 126 Å². The lowest BCUT2D eigenvalue weighted by Crippen LogP contribution is -2.07. The van der Waals surface area contributed by atoms with Crippen molar-refractivity contribution in [2.24, 2.45) is 0 Å². The monoisotopic (exact) mass is 291 g/mol.